The van der Waals surface area contributed by atoms with Crippen molar-refractivity contribution in [2.24, 2.45) is 5.92 Å². The number of carbonyl (C=O) groups excluding carboxylic acids is 1. The molecule has 1 aromatic carbocycles. The number of amides is 1. The van der Waals surface area contributed by atoms with E-state index in [2.05, 4.69) is 44.3 Å². The first kappa shape index (κ1) is 14.9. The van der Waals surface area contributed by atoms with Gasteiger partial charge in [-0.2, -0.15) is 0 Å². The number of nitrogens with one attached hydrogen (secondary N) is 1. The molecule has 1 heterocycles. The fraction of sp³-hybridized carbons (Fsp3) is 0.588. The van der Waals surface area contributed by atoms with Crippen molar-refractivity contribution < 1.29 is 4.79 Å². The van der Waals surface area contributed by atoms with Crippen molar-refractivity contribution in [3.05, 3.63) is 29.3 Å². The number of likely N-dealkylation sites (tertiary alicyclic amines) is 1. The van der Waals surface area contributed by atoms with Crippen molar-refractivity contribution in [3.63, 3.8) is 0 Å². The van der Waals surface area contributed by atoms with Gasteiger partial charge < -0.3 is 10.2 Å². The quantitative estimate of drug-likeness (QED) is 0.916. The van der Waals surface area contributed by atoms with E-state index in [4.69, 9.17) is 0 Å². The molecule has 0 spiro atoms. The molecule has 0 bridgehead atoms. The van der Waals surface area contributed by atoms with E-state index in [-0.39, 0.29) is 11.9 Å². The lowest BCUT2D eigenvalue weighted by Gasteiger charge is -2.33. The zero-order chi connectivity index (χ0) is 14.7. The van der Waals surface area contributed by atoms with Gasteiger partial charge in [0, 0.05) is 18.8 Å². The summed E-state index contributed by atoms with van der Waals surface area (Å²) in [5, 5.41) is 3.37. The highest BCUT2D eigenvalue weighted by Gasteiger charge is 2.25. The van der Waals surface area contributed by atoms with E-state index in [1.54, 1.807) is 0 Å². The summed E-state index contributed by atoms with van der Waals surface area (Å²) in [6.45, 7) is 10.1. The second kappa shape index (κ2) is 6.29. The number of hydrogen-bond donors (Lipinski definition) is 1. The highest BCUT2D eigenvalue weighted by molar-refractivity contribution is 5.84. The Hall–Kier alpha value is -1.51. The lowest BCUT2D eigenvalue weighted by Crippen LogP contribution is -2.46. The molecule has 1 aliphatic heterocycles. The third kappa shape index (κ3) is 3.53. The maximum absolute atomic E-state index is 12.5. The van der Waals surface area contributed by atoms with Crippen LogP contribution in [0.4, 0.5) is 5.69 Å². The van der Waals surface area contributed by atoms with Gasteiger partial charge in [-0.15, -0.1) is 0 Å². The van der Waals surface area contributed by atoms with Gasteiger partial charge in [0.1, 0.15) is 6.04 Å². The predicted molar refractivity (Wildman–Crippen MR) is 84.0 cm³/mol. The van der Waals surface area contributed by atoms with E-state index >= 15 is 0 Å². The molecule has 0 saturated carbocycles. The van der Waals surface area contributed by atoms with E-state index in [9.17, 15) is 4.79 Å². The first-order valence-corrected chi connectivity index (χ1v) is 7.60. The molecular formula is C17H26N2O. The van der Waals surface area contributed by atoms with Gasteiger partial charge in [0.2, 0.25) is 5.91 Å². The van der Waals surface area contributed by atoms with Crippen LogP contribution in [0.15, 0.2) is 18.2 Å². The van der Waals surface area contributed by atoms with Gasteiger partial charge in [-0.3, -0.25) is 4.79 Å². The van der Waals surface area contributed by atoms with Gasteiger partial charge in [0.25, 0.3) is 0 Å². The predicted octanol–water partition coefficient (Wildman–Crippen LogP) is 3.36. The highest BCUT2D eigenvalue weighted by atomic mass is 16.2. The first-order chi connectivity index (χ1) is 9.47. The van der Waals surface area contributed by atoms with Crippen molar-refractivity contribution in [1.82, 2.24) is 4.90 Å². The lowest BCUT2D eigenvalue weighted by atomic mass is 9.99. The fourth-order valence-electron chi connectivity index (χ4n) is 2.85. The van der Waals surface area contributed by atoms with Crippen molar-refractivity contribution in [3.8, 4) is 0 Å². The number of aryl methyl sites for hydroxylation is 2. The van der Waals surface area contributed by atoms with Crippen molar-refractivity contribution >= 4 is 11.6 Å². The Morgan fingerprint density at radius 1 is 1.40 bits per heavy atom. The van der Waals surface area contributed by atoms with Gasteiger partial charge in [-0.25, -0.2) is 0 Å². The molecule has 0 aliphatic carbocycles. The summed E-state index contributed by atoms with van der Waals surface area (Å²) in [7, 11) is 0. The second-order valence-corrected chi connectivity index (χ2v) is 6.22. The van der Waals surface area contributed by atoms with E-state index in [1.165, 1.54) is 17.5 Å². The maximum atomic E-state index is 12.5. The number of anilines is 1. The summed E-state index contributed by atoms with van der Waals surface area (Å²) in [5.74, 6) is 0.845. The summed E-state index contributed by atoms with van der Waals surface area (Å²) in [6.07, 6.45) is 2.37. The van der Waals surface area contributed by atoms with Gasteiger partial charge in [-0.1, -0.05) is 19.1 Å². The van der Waals surface area contributed by atoms with Crippen LogP contribution < -0.4 is 5.32 Å². The fourth-order valence-corrected chi connectivity index (χ4v) is 2.85. The minimum absolute atomic E-state index is 0.166. The molecule has 3 nitrogen and oxygen atoms in total. The Kier molecular flexibility index (Phi) is 4.69. The molecule has 0 radical (unpaired) electrons. The van der Waals surface area contributed by atoms with Gasteiger partial charge in [0.05, 0.1) is 0 Å². The normalized spacial score (nSPS) is 20.6. The Bertz CT molecular complexity index is 484. The van der Waals surface area contributed by atoms with Crippen LogP contribution in [-0.2, 0) is 4.79 Å². The number of nitrogens with zero attached hydrogens (tertiary/aromatic N) is 1. The van der Waals surface area contributed by atoms with E-state index in [1.807, 2.05) is 11.8 Å². The Morgan fingerprint density at radius 3 is 2.85 bits per heavy atom. The minimum Gasteiger partial charge on any atom is -0.374 e. The van der Waals surface area contributed by atoms with Gasteiger partial charge >= 0.3 is 0 Å². The average Bonchev–Trinajstić information content (AvgIpc) is 2.42. The Morgan fingerprint density at radius 2 is 2.15 bits per heavy atom. The summed E-state index contributed by atoms with van der Waals surface area (Å²) >= 11 is 0. The molecule has 0 aromatic heterocycles. The largest absolute Gasteiger partial charge is 0.374 e. The van der Waals surface area contributed by atoms with Crippen LogP contribution in [0.25, 0.3) is 0 Å². The van der Waals surface area contributed by atoms with Crippen LogP contribution in [0, 0.1) is 19.8 Å². The smallest absolute Gasteiger partial charge is 0.244 e. The van der Waals surface area contributed by atoms with Gasteiger partial charge in [0.15, 0.2) is 0 Å². The molecule has 2 atom stereocenters. The Labute approximate surface area is 122 Å². The van der Waals surface area contributed by atoms with Crippen LogP contribution >= 0.6 is 0 Å². The molecule has 2 rings (SSSR count). The molecule has 2 unspecified atom stereocenters. The maximum Gasteiger partial charge on any atom is 0.244 e. The van der Waals surface area contributed by atoms with Crippen molar-refractivity contribution in [1.29, 1.82) is 0 Å². The first-order valence-electron chi connectivity index (χ1n) is 7.60. The number of rotatable bonds is 3. The number of benzene rings is 1. The molecule has 1 fully saturated rings. The molecule has 3 heteroatoms. The molecule has 1 aromatic rings. The molecule has 20 heavy (non-hydrogen) atoms. The molecule has 1 amide bonds. The lowest BCUT2D eigenvalue weighted by molar-refractivity contribution is -0.133. The SMILES string of the molecule is Cc1ccc(C)c(NC(C)C(=O)N2CCCC(C)C2)c1. The molecule has 110 valence electrons. The topological polar surface area (TPSA) is 32.3 Å². The highest BCUT2D eigenvalue weighted by Crippen LogP contribution is 2.20. The summed E-state index contributed by atoms with van der Waals surface area (Å²) < 4.78 is 0. The van der Waals surface area contributed by atoms with Crippen LogP contribution in [0.3, 0.4) is 0 Å². The zero-order valence-corrected chi connectivity index (χ0v) is 13.1. The molecule has 1 aliphatic rings. The van der Waals surface area contributed by atoms with E-state index < -0.39 is 0 Å². The Balaban J connectivity index is 2.01. The van der Waals surface area contributed by atoms with Crippen LogP contribution in [-0.4, -0.2) is 29.9 Å². The minimum atomic E-state index is -0.166. The van der Waals surface area contributed by atoms with Crippen LogP contribution in [0.2, 0.25) is 0 Å². The average molecular weight is 274 g/mol. The van der Waals surface area contributed by atoms with Crippen LogP contribution in [0.5, 0.6) is 0 Å². The molecular weight excluding hydrogens is 248 g/mol. The van der Waals surface area contributed by atoms with Gasteiger partial charge in [-0.05, 0) is 56.7 Å². The summed E-state index contributed by atoms with van der Waals surface area (Å²) in [4.78, 5) is 14.5. The third-order valence-electron chi connectivity index (χ3n) is 4.10. The molecule has 1 saturated heterocycles. The summed E-state index contributed by atoms with van der Waals surface area (Å²) in [5.41, 5.74) is 3.46. The van der Waals surface area contributed by atoms with Crippen molar-refractivity contribution in [2.75, 3.05) is 18.4 Å². The zero-order valence-electron chi connectivity index (χ0n) is 13.1. The number of carbonyl (C=O) groups is 1. The monoisotopic (exact) mass is 274 g/mol. The van der Waals surface area contributed by atoms with Crippen molar-refractivity contribution in [2.45, 2.75) is 46.6 Å². The van der Waals surface area contributed by atoms with E-state index in [0.717, 1.165) is 25.2 Å². The third-order valence-corrected chi connectivity index (χ3v) is 4.10. The molecule has 1 N–H and O–H groups in total. The van der Waals surface area contributed by atoms with Crippen LogP contribution in [0.1, 0.15) is 37.8 Å². The number of piperidine rings is 1. The van der Waals surface area contributed by atoms with E-state index in [0.29, 0.717) is 5.92 Å². The number of hydrogen-bond acceptors (Lipinski definition) is 2. The second-order valence-electron chi connectivity index (χ2n) is 6.22. The standard InChI is InChI=1S/C17H26N2O/c1-12-7-8-14(3)16(10-12)18-15(4)17(20)19-9-5-6-13(2)11-19/h7-8,10,13,15,18H,5-6,9,11H2,1-4H3. The summed E-state index contributed by atoms with van der Waals surface area (Å²) in [6, 6.07) is 6.13.